The highest BCUT2D eigenvalue weighted by Gasteiger charge is 2.27. The third kappa shape index (κ3) is 1.62. The summed E-state index contributed by atoms with van der Waals surface area (Å²) in [6.45, 7) is 2.72. The topological polar surface area (TPSA) is 43.1 Å². The van der Waals surface area contributed by atoms with Crippen molar-refractivity contribution in [1.29, 1.82) is 0 Å². The first kappa shape index (κ1) is 9.87. The first-order chi connectivity index (χ1) is 6.72. The molecule has 1 aromatic heterocycles. The van der Waals surface area contributed by atoms with Gasteiger partial charge in [0.1, 0.15) is 0 Å². The summed E-state index contributed by atoms with van der Waals surface area (Å²) < 4.78 is 0. The van der Waals surface area contributed by atoms with Crippen LogP contribution in [0.15, 0.2) is 5.38 Å². The average molecular weight is 209 g/mol. The number of carbonyl (C=O) groups is 1. The third-order valence-corrected chi connectivity index (χ3v) is 3.98. The molecule has 1 heterocycles. The van der Waals surface area contributed by atoms with Gasteiger partial charge in [-0.1, -0.05) is 0 Å². The van der Waals surface area contributed by atoms with Gasteiger partial charge in [0, 0.05) is 16.9 Å². The van der Waals surface area contributed by atoms with Gasteiger partial charge in [0.15, 0.2) is 5.78 Å². The Bertz CT molecular complexity index is 356. The number of fused-ring (bicyclic) bond motifs is 1. The summed E-state index contributed by atoms with van der Waals surface area (Å²) >= 11 is 1.72. The number of rotatable bonds is 2. The summed E-state index contributed by atoms with van der Waals surface area (Å²) in [5, 5.41) is 2.09. The number of hydrogen-bond acceptors (Lipinski definition) is 3. The normalized spacial score (nSPS) is 21.0. The van der Waals surface area contributed by atoms with Gasteiger partial charge in [-0.25, -0.2) is 0 Å². The van der Waals surface area contributed by atoms with Crippen LogP contribution in [0.2, 0.25) is 0 Å². The van der Waals surface area contributed by atoms with Crippen molar-refractivity contribution in [2.24, 2.45) is 11.7 Å². The SMILES string of the molecule is Cc1csc2c1C(=O)CC(CCN)C2. The first-order valence-electron chi connectivity index (χ1n) is 5.02. The second kappa shape index (κ2) is 3.83. The number of hydrogen-bond donors (Lipinski definition) is 1. The van der Waals surface area contributed by atoms with E-state index in [1.807, 2.05) is 6.92 Å². The third-order valence-electron chi connectivity index (χ3n) is 2.85. The minimum Gasteiger partial charge on any atom is -0.330 e. The lowest BCUT2D eigenvalue weighted by Gasteiger charge is -2.20. The van der Waals surface area contributed by atoms with Gasteiger partial charge in [0.05, 0.1) is 0 Å². The maximum absolute atomic E-state index is 11.8. The van der Waals surface area contributed by atoms with Crippen LogP contribution >= 0.6 is 11.3 Å². The summed E-state index contributed by atoms with van der Waals surface area (Å²) in [6.07, 6.45) is 2.72. The number of nitrogens with two attached hydrogens (primary N) is 1. The lowest BCUT2D eigenvalue weighted by molar-refractivity contribution is 0.0948. The average Bonchev–Trinajstić information content (AvgIpc) is 2.48. The molecule has 0 saturated carbocycles. The summed E-state index contributed by atoms with van der Waals surface area (Å²) in [7, 11) is 0. The van der Waals surface area contributed by atoms with Crippen molar-refractivity contribution < 1.29 is 4.79 Å². The van der Waals surface area contributed by atoms with Gasteiger partial charge in [-0.15, -0.1) is 11.3 Å². The molecular formula is C11H15NOS. The molecule has 1 aromatic rings. The van der Waals surface area contributed by atoms with E-state index in [2.05, 4.69) is 5.38 Å². The zero-order valence-electron chi connectivity index (χ0n) is 8.38. The van der Waals surface area contributed by atoms with Crippen LogP contribution in [0.4, 0.5) is 0 Å². The fraction of sp³-hybridized carbons (Fsp3) is 0.545. The molecule has 2 rings (SSSR count). The molecule has 0 saturated heterocycles. The van der Waals surface area contributed by atoms with Crippen LogP contribution in [0.5, 0.6) is 0 Å². The molecule has 0 bridgehead atoms. The van der Waals surface area contributed by atoms with Crippen molar-refractivity contribution in [2.75, 3.05) is 6.54 Å². The van der Waals surface area contributed by atoms with Crippen LogP contribution in [-0.4, -0.2) is 12.3 Å². The number of thiophene rings is 1. The van der Waals surface area contributed by atoms with Crippen LogP contribution in [-0.2, 0) is 6.42 Å². The number of ketones is 1. The molecule has 1 atom stereocenters. The van der Waals surface area contributed by atoms with Crippen LogP contribution in [0.1, 0.15) is 33.6 Å². The summed E-state index contributed by atoms with van der Waals surface area (Å²) in [4.78, 5) is 13.1. The van der Waals surface area contributed by atoms with Gasteiger partial charge < -0.3 is 5.73 Å². The van der Waals surface area contributed by atoms with E-state index < -0.39 is 0 Å². The predicted molar refractivity (Wildman–Crippen MR) is 58.9 cm³/mol. The van der Waals surface area contributed by atoms with Crippen molar-refractivity contribution in [2.45, 2.75) is 26.2 Å². The van der Waals surface area contributed by atoms with Crippen LogP contribution in [0.3, 0.4) is 0 Å². The van der Waals surface area contributed by atoms with Gasteiger partial charge >= 0.3 is 0 Å². The maximum Gasteiger partial charge on any atom is 0.164 e. The second-order valence-corrected chi connectivity index (χ2v) is 4.96. The van der Waals surface area contributed by atoms with E-state index in [9.17, 15) is 4.79 Å². The van der Waals surface area contributed by atoms with Crippen molar-refractivity contribution in [3.63, 3.8) is 0 Å². The summed E-state index contributed by atoms with van der Waals surface area (Å²) in [5.74, 6) is 0.807. The fourth-order valence-corrected chi connectivity index (χ4v) is 3.32. The molecule has 1 aliphatic rings. The zero-order chi connectivity index (χ0) is 10.1. The molecule has 2 nitrogen and oxygen atoms in total. The minimum atomic E-state index is 0.323. The number of Topliss-reactive ketones (excluding diaryl/α,β-unsaturated/α-hetero) is 1. The Labute approximate surface area is 88.1 Å². The van der Waals surface area contributed by atoms with E-state index >= 15 is 0 Å². The Morgan fingerprint density at radius 2 is 2.36 bits per heavy atom. The summed E-state index contributed by atoms with van der Waals surface area (Å²) in [6, 6.07) is 0. The van der Waals surface area contributed by atoms with Gasteiger partial charge in [-0.2, -0.15) is 0 Å². The predicted octanol–water partition coefficient (Wildman–Crippen LogP) is 2.15. The largest absolute Gasteiger partial charge is 0.330 e. The lowest BCUT2D eigenvalue weighted by atomic mass is 9.85. The number of carbonyl (C=O) groups excluding carboxylic acids is 1. The van der Waals surface area contributed by atoms with E-state index in [1.165, 1.54) is 4.88 Å². The highest BCUT2D eigenvalue weighted by Crippen LogP contribution is 2.33. The molecule has 0 amide bonds. The smallest absolute Gasteiger partial charge is 0.164 e. The number of aryl methyl sites for hydroxylation is 1. The standard InChI is InChI=1S/C11H15NOS/c1-7-6-14-10-5-8(2-3-12)4-9(13)11(7)10/h6,8H,2-5,12H2,1H3. The molecule has 0 aliphatic heterocycles. The Hall–Kier alpha value is -0.670. The zero-order valence-corrected chi connectivity index (χ0v) is 9.19. The fourth-order valence-electron chi connectivity index (χ4n) is 2.16. The van der Waals surface area contributed by atoms with E-state index in [4.69, 9.17) is 5.73 Å². The molecule has 0 fully saturated rings. The van der Waals surface area contributed by atoms with E-state index in [1.54, 1.807) is 11.3 Å². The molecular weight excluding hydrogens is 194 g/mol. The van der Waals surface area contributed by atoms with Gasteiger partial charge in [0.25, 0.3) is 0 Å². The Morgan fingerprint density at radius 3 is 3.07 bits per heavy atom. The second-order valence-electron chi connectivity index (χ2n) is 3.99. The Balaban J connectivity index is 2.26. The van der Waals surface area contributed by atoms with E-state index in [0.29, 0.717) is 24.7 Å². The molecule has 0 radical (unpaired) electrons. The van der Waals surface area contributed by atoms with Crippen molar-refractivity contribution in [3.8, 4) is 0 Å². The maximum atomic E-state index is 11.8. The van der Waals surface area contributed by atoms with E-state index in [-0.39, 0.29) is 0 Å². The quantitative estimate of drug-likeness (QED) is 0.811. The van der Waals surface area contributed by atoms with Crippen molar-refractivity contribution >= 4 is 17.1 Å². The van der Waals surface area contributed by atoms with Crippen molar-refractivity contribution in [1.82, 2.24) is 0 Å². The van der Waals surface area contributed by atoms with Crippen LogP contribution in [0, 0.1) is 12.8 Å². The van der Waals surface area contributed by atoms with Gasteiger partial charge in [-0.3, -0.25) is 4.79 Å². The highest BCUT2D eigenvalue weighted by atomic mass is 32.1. The molecule has 2 N–H and O–H groups in total. The molecule has 1 aliphatic carbocycles. The molecule has 0 spiro atoms. The minimum absolute atomic E-state index is 0.323. The molecule has 1 unspecified atom stereocenters. The van der Waals surface area contributed by atoms with Gasteiger partial charge in [0.2, 0.25) is 0 Å². The molecule has 76 valence electrons. The lowest BCUT2D eigenvalue weighted by Crippen LogP contribution is -2.21. The Kier molecular flexibility index (Phi) is 2.70. The van der Waals surface area contributed by atoms with Crippen LogP contribution in [0.25, 0.3) is 0 Å². The highest BCUT2D eigenvalue weighted by molar-refractivity contribution is 7.10. The van der Waals surface area contributed by atoms with Crippen molar-refractivity contribution in [3.05, 3.63) is 21.4 Å². The Morgan fingerprint density at radius 1 is 1.57 bits per heavy atom. The summed E-state index contributed by atoms with van der Waals surface area (Å²) in [5.41, 5.74) is 7.68. The molecule has 0 aromatic carbocycles. The van der Waals surface area contributed by atoms with E-state index in [0.717, 1.165) is 24.0 Å². The molecule has 3 heteroatoms. The van der Waals surface area contributed by atoms with Gasteiger partial charge in [-0.05, 0) is 43.2 Å². The monoisotopic (exact) mass is 209 g/mol. The van der Waals surface area contributed by atoms with Crippen LogP contribution < -0.4 is 5.73 Å². The first-order valence-corrected chi connectivity index (χ1v) is 5.90. The molecule has 14 heavy (non-hydrogen) atoms.